The summed E-state index contributed by atoms with van der Waals surface area (Å²) in [6.07, 6.45) is 7.50. The van der Waals surface area contributed by atoms with Crippen LogP contribution >= 0.6 is 15.9 Å². The van der Waals surface area contributed by atoms with Crippen LogP contribution in [0.1, 0.15) is 12.8 Å². The number of fused-ring (bicyclic) bond motifs is 1. The number of nitrogens with one attached hydrogen (secondary N) is 1. The summed E-state index contributed by atoms with van der Waals surface area (Å²) in [4.78, 5) is 15.9. The summed E-state index contributed by atoms with van der Waals surface area (Å²) in [7, 11) is 0. The summed E-state index contributed by atoms with van der Waals surface area (Å²) in [5.41, 5.74) is 10.5. The first-order valence-corrected chi connectivity index (χ1v) is 10.4. The van der Waals surface area contributed by atoms with Crippen LogP contribution in [-0.2, 0) is 0 Å². The average Bonchev–Trinajstić information content (AvgIpc) is 3.18. The van der Waals surface area contributed by atoms with Gasteiger partial charge < -0.3 is 10.6 Å². The lowest BCUT2D eigenvalue weighted by Crippen LogP contribution is -2.43. The van der Waals surface area contributed by atoms with Crippen LogP contribution in [0.15, 0.2) is 53.4 Å². The molecule has 5 heterocycles. The number of pyridine rings is 3. The Morgan fingerprint density at radius 3 is 2.93 bits per heavy atom. The van der Waals surface area contributed by atoms with Gasteiger partial charge in [-0.05, 0) is 59.1 Å². The number of anilines is 1. The van der Waals surface area contributed by atoms with Gasteiger partial charge in [-0.15, -0.1) is 0 Å². The van der Waals surface area contributed by atoms with Crippen LogP contribution in [0.3, 0.4) is 0 Å². The maximum absolute atomic E-state index is 6.18. The van der Waals surface area contributed by atoms with E-state index in [9.17, 15) is 0 Å². The zero-order valence-corrected chi connectivity index (χ0v) is 17.3. The van der Waals surface area contributed by atoms with E-state index >= 15 is 0 Å². The first-order valence-electron chi connectivity index (χ1n) is 9.61. The van der Waals surface area contributed by atoms with E-state index < -0.39 is 0 Å². The summed E-state index contributed by atoms with van der Waals surface area (Å²) < 4.78 is 0.966. The van der Waals surface area contributed by atoms with Gasteiger partial charge in [0.05, 0.1) is 27.6 Å². The minimum atomic E-state index is 0.181. The summed E-state index contributed by atoms with van der Waals surface area (Å²) in [5.74, 6) is 0.912. The van der Waals surface area contributed by atoms with Gasteiger partial charge in [0.25, 0.3) is 0 Å². The number of aromatic nitrogens is 5. The molecule has 0 aromatic carbocycles. The van der Waals surface area contributed by atoms with Crippen molar-refractivity contribution >= 4 is 32.7 Å². The number of hydrogen-bond donors (Lipinski definition) is 2. The monoisotopic (exact) mass is 449 g/mol. The van der Waals surface area contributed by atoms with Crippen molar-refractivity contribution in [3.8, 4) is 22.6 Å². The Balaban J connectivity index is 1.58. The van der Waals surface area contributed by atoms with Gasteiger partial charge in [-0.3, -0.25) is 15.1 Å². The smallest absolute Gasteiger partial charge is 0.143 e. The lowest BCUT2D eigenvalue weighted by Gasteiger charge is -2.32. The number of aromatic amines is 1. The number of nitrogens with two attached hydrogens (primary N) is 1. The van der Waals surface area contributed by atoms with Crippen LogP contribution in [0.25, 0.3) is 33.5 Å². The van der Waals surface area contributed by atoms with E-state index in [2.05, 4.69) is 41.0 Å². The van der Waals surface area contributed by atoms with Crippen molar-refractivity contribution in [1.29, 1.82) is 0 Å². The van der Waals surface area contributed by atoms with Crippen LogP contribution in [0.2, 0.25) is 0 Å². The first kappa shape index (κ1) is 18.2. The number of H-pyrrole nitrogens is 1. The molecule has 146 valence electrons. The van der Waals surface area contributed by atoms with Crippen molar-refractivity contribution in [1.82, 2.24) is 25.1 Å². The van der Waals surface area contributed by atoms with Crippen molar-refractivity contribution in [2.75, 3.05) is 18.0 Å². The minimum absolute atomic E-state index is 0.181. The quantitative estimate of drug-likeness (QED) is 0.493. The van der Waals surface area contributed by atoms with E-state index in [0.29, 0.717) is 0 Å². The second kappa shape index (κ2) is 7.53. The molecule has 0 radical (unpaired) electrons. The van der Waals surface area contributed by atoms with E-state index in [1.165, 1.54) is 0 Å². The molecule has 0 bridgehead atoms. The molecule has 3 N–H and O–H groups in total. The summed E-state index contributed by atoms with van der Waals surface area (Å²) in [6.45, 7) is 1.77. The van der Waals surface area contributed by atoms with Crippen molar-refractivity contribution < 1.29 is 0 Å². The SMILES string of the molecule is N[C@H]1CCCN(c2nc(-c3n[nH]c4cnc(-c5cccnc5)cc34)ccc2Br)C1. The van der Waals surface area contributed by atoms with Gasteiger partial charge >= 0.3 is 0 Å². The molecule has 1 saturated heterocycles. The Morgan fingerprint density at radius 2 is 2.10 bits per heavy atom. The second-order valence-electron chi connectivity index (χ2n) is 7.28. The van der Waals surface area contributed by atoms with Crippen LogP contribution in [0.4, 0.5) is 5.82 Å². The molecule has 7 nitrogen and oxygen atoms in total. The van der Waals surface area contributed by atoms with Gasteiger partial charge in [0.1, 0.15) is 11.5 Å². The predicted molar refractivity (Wildman–Crippen MR) is 117 cm³/mol. The number of hydrogen-bond acceptors (Lipinski definition) is 6. The lowest BCUT2D eigenvalue weighted by atomic mass is 10.1. The molecule has 0 amide bonds. The fourth-order valence-electron chi connectivity index (χ4n) is 3.77. The zero-order valence-electron chi connectivity index (χ0n) is 15.7. The molecule has 1 aliphatic rings. The van der Waals surface area contributed by atoms with Crippen LogP contribution < -0.4 is 10.6 Å². The molecule has 0 aliphatic carbocycles. The molecule has 8 heteroatoms. The topological polar surface area (TPSA) is 96.6 Å². The lowest BCUT2D eigenvalue weighted by molar-refractivity contribution is 0.503. The highest BCUT2D eigenvalue weighted by molar-refractivity contribution is 9.10. The number of piperidine rings is 1. The highest BCUT2D eigenvalue weighted by Gasteiger charge is 2.21. The zero-order chi connectivity index (χ0) is 19.8. The Labute approximate surface area is 176 Å². The van der Waals surface area contributed by atoms with Gasteiger partial charge in [0.2, 0.25) is 0 Å². The molecular formula is C21H20BrN7. The predicted octanol–water partition coefficient (Wildman–Crippen LogP) is 3.77. The molecule has 1 atom stereocenters. The van der Waals surface area contributed by atoms with Gasteiger partial charge in [0.15, 0.2) is 0 Å². The van der Waals surface area contributed by atoms with E-state index in [-0.39, 0.29) is 6.04 Å². The van der Waals surface area contributed by atoms with E-state index in [1.54, 1.807) is 12.4 Å². The van der Waals surface area contributed by atoms with Crippen LogP contribution in [0, 0.1) is 0 Å². The molecule has 4 aromatic heterocycles. The van der Waals surface area contributed by atoms with Gasteiger partial charge in [-0.2, -0.15) is 5.10 Å². The molecule has 0 unspecified atom stereocenters. The van der Waals surface area contributed by atoms with Gasteiger partial charge in [-0.25, -0.2) is 4.98 Å². The fraction of sp³-hybridized carbons (Fsp3) is 0.238. The average molecular weight is 450 g/mol. The largest absolute Gasteiger partial charge is 0.354 e. The van der Waals surface area contributed by atoms with Gasteiger partial charge in [-0.1, -0.05) is 0 Å². The molecule has 29 heavy (non-hydrogen) atoms. The van der Waals surface area contributed by atoms with E-state index in [1.807, 2.05) is 36.5 Å². The third-order valence-corrected chi connectivity index (χ3v) is 5.85. The normalized spacial score (nSPS) is 17.0. The van der Waals surface area contributed by atoms with Crippen molar-refractivity contribution in [3.05, 3.63) is 53.4 Å². The molecule has 0 spiro atoms. The van der Waals surface area contributed by atoms with Crippen molar-refractivity contribution in [3.63, 3.8) is 0 Å². The molecule has 1 fully saturated rings. The van der Waals surface area contributed by atoms with Crippen LogP contribution in [0.5, 0.6) is 0 Å². The molecule has 4 aromatic rings. The number of rotatable bonds is 3. The van der Waals surface area contributed by atoms with E-state index in [4.69, 9.17) is 10.7 Å². The number of halogens is 1. The molecule has 0 saturated carbocycles. The molecular weight excluding hydrogens is 430 g/mol. The van der Waals surface area contributed by atoms with E-state index in [0.717, 1.165) is 69.8 Å². The highest BCUT2D eigenvalue weighted by atomic mass is 79.9. The maximum Gasteiger partial charge on any atom is 0.143 e. The van der Waals surface area contributed by atoms with Crippen molar-refractivity contribution in [2.45, 2.75) is 18.9 Å². The Kier molecular flexibility index (Phi) is 4.73. The van der Waals surface area contributed by atoms with Crippen LogP contribution in [-0.4, -0.2) is 44.3 Å². The Hall–Kier alpha value is -2.84. The molecule has 1 aliphatic heterocycles. The first-order chi connectivity index (χ1) is 14.2. The Morgan fingerprint density at radius 1 is 1.17 bits per heavy atom. The van der Waals surface area contributed by atoms with Gasteiger partial charge in [0, 0.05) is 42.5 Å². The maximum atomic E-state index is 6.18. The summed E-state index contributed by atoms with van der Waals surface area (Å²) in [6, 6.07) is 10.1. The second-order valence-corrected chi connectivity index (χ2v) is 8.13. The number of nitrogens with zero attached hydrogens (tertiary/aromatic N) is 5. The minimum Gasteiger partial charge on any atom is -0.354 e. The standard InChI is InChI=1S/C21H20BrN7/c22-16-5-6-17(26-21(16)29-8-2-4-14(23)12-29)20-15-9-18(13-3-1-7-24-10-13)25-11-19(15)27-28-20/h1,3,5-7,9-11,14H,2,4,8,12,23H2,(H,27,28)/t14-/m0/s1. The molecule has 5 rings (SSSR count). The third kappa shape index (κ3) is 3.49. The summed E-state index contributed by atoms with van der Waals surface area (Å²) >= 11 is 3.65. The Bertz CT molecular complexity index is 1160. The third-order valence-electron chi connectivity index (χ3n) is 5.23. The highest BCUT2D eigenvalue weighted by Crippen LogP contribution is 2.32. The summed E-state index contributed by atoms with van der Waals surface area (Å²) in [5, 5.41) is 8.58. The fourth-order valence-corrected chi connectivity index (χ4v) is 4.24. The van der Waals surface area contributed by atoms with Crippen molar-refractivity contribution in [2.24, 2.45) is 5.73 Å².